The van der Waals surface area contributed by atoms with Gasteiger partial charge in [0.25, 0.3) is 0 Å². The monoisotopic (exact) mass is 276 g/mol. The van der Waals surface area contributed by atoms with E-state index in [9.17, 15) is 5.11 Å². The molecule has 3 heteroatoms. The molecule has 0 amide bonds. The first-order valence-corrected chi connectivity index (χ1v) is 7.33. The van der Waals surface area contributed by atoms with E-state index in [-0.39, 0.29) is 6.10 Å². The lowest BCUT2D eigenvalue weighted by molar-refractivity contribution is -0.170. The number of aliphatic hydroxyl groups is 1. The summed E-state index contributed by atoms with van der Waals surface area (Å²) in [5.41, 5.74) is 0.792. The maximum atomic E-state index is 10.2. The van der Waals surface area contributed by atoms with Crippen molar-refractivity contribution in [3.8, 4) is 0 Å². The van der Waals surface area contributed by atoms with Gasteiger partial charge in [0.2, 0.25) is 0 Å². The van der Waals surface area contributed by atoms with E-state index in [1.54, 1.807) is 7.11 Å². The van der Waals surface area contributed by atoms with Gasteiger partial charge in [-0.05, 0) is 31.6 Å². The standard InChI is InChI=1S/C17H24O3/c1-19-13-16(14-9-5-2-3-6-10-14)20-17(18)15-11-7-4-8-12-15/h2-4,7-8,11-12,14,16-18H,5-6,9-10,13H2,1H3. The van der Waals surface area contributed by atoms with Crippen molar-refractivity contribution < 1.29 is 14.6 Å². The van der Waals surface area contributed by atoms with Crippen LogP contribution in [0.1, 0.15) is 37.5 Å². The third-order valence-corrected chi connectivity index (χ3v) is 3.82. The minimum Gasteiger partial charge on any atom is -0.382 e. The molecule has 0 saturated carbocycles. The molecule has 1 aromatic rings. The zero-order chi connectivity index (χ0) is 14.2. The quantitative estimate of drug-likeness (QED) is 0.639. The van der Waals surface area contributed by atoms with E-state index >= 15 is 0 Å². The largest absolute Gasteiger partial charge is 0.382 e. The highest BCUT2D eigenvalue weighted by molar-refractivity contribution is 5.15. The molecule has 3 nitrogen and oxygen atoms in total. The molecule has 0 spiro atoms. The number of hydrogen-bond donors (Lipinski definition) is 1. The average Bonchev–Trinajstić information content (AvgIpc) is 2.76. The van der Waals surface area contributed by atoms with Crippen molar-refractivity contribution >= 4 is 0 Å². The number of rotatable bonds is 6. The SMILES string of the molecule is COCC(OC(O)c1ccccc1)C1CCC=CCC1. The van der Waals surface area contributed by atoms with E-state index < -0.39 is 6.29 Å². The Bertz CT molecular complexity index is 392. The number of hydrogen-bond acceptors (Lipinski definition) is 3. The predicted molar refractivity (Wildman–Crippen MR) is 79.2 cm³/mol. The summed E-state index contributed by atoms with van der Waals surface area (Å²) in [7, 11) is 1.68. The number of methoxy groups -OCH3 is 1. The molecule has 0 heterocycles. The van der Waals surface area contributed by atoms with Crippen molar-refractivity contribution in [1.82, 2.24) is 0 Å². The molecule has 1 aliphatic carbocycles. The maximum absolute atomic E-state index is 10.2. The topological polar surface area (TPSA) is 38.7 Å². The Kier molecular flexibility index (Phi) is 6.25. The third-order valence-electron chi connectivity index (χ3n) is 3.82. The van der Waals surface area contributed by atoms with Crippen LogP contribution >= 0.6 is 0 Å². The fourth-order valence-electron chi connectivity index (χ4n) is 2.68. The van der Waals surface area contributed by atoms with Crippen LogP contribution in [0.5, 0.6) is 0 Å². The normalized spacial score (nSPS) is 19.5. The molecule has 0 aliphatic heterocycles. The first-order chi connectivity index (χ1) is 9.81. The average molecular weight is 276 g/mol. The Balaban J connectivity index is 1.97. The van der Waals surface area contributed by atoms with E-state index in [1.807, 2.05) is 30.3 Å². The van der Waals surface area contributed by atoms with Gasteiger partial charge in [-0.15, -0.1) is 0 Å². The zero-order valence-electron chi connectivity index (χ0n) is 12.1. The fraction of sp³-hybridized carbons (Fsp3) is 0.529. The molecule has 0 aromatic heterocycles. The summed E-state index contributed by atoms with van der Waals surface area (Å²) in [5, 5.41) is 10.2. The second-order valence-corrected chi connectivity index (χ2v) is 5.28. The summed E-state index contributed by atoms with van der Waals surface area (Å²) in [6.45, 7) is 0.522. The second-order valence-electron chi connectivity index (χ2n) is 5.28. The van der Waals surface area contributed by atoms with Gasteiger partial charge in [-0.2, -0.15) is 0 Å². The van der Waals surface area contributed by atoms with Gasteiger partial charge in [-0.1, -0.05) is 42.5 Å². The first kappa shape index (κ1) is 15.2. The van der Waals surface area contributed by atoms with Gasteiger partial charge in [0.05, 0.1) is 12.7 Å². The van der Waals surface area contributed by atoms with Gasteiger partial charge in [-0.25, -0.2) is 0 Å². The van der Waals surface area contributed by atoms with Crippen LogP contribution in [0.2, 0.25) is 0 Å². The Morgan fingerprint density at radius 1 is 1.15 bits per heavy atom. The summed E-state index contributed by atoms with van der Waals surface area (Å²) in [6, 6.07) is 9.50. The number of benzene rings is 1. The van der Waals surface area contributed by atoms with Gasteiger partial charge in [0, 0.05) is 12.7 Å². The van der Waals surface area contributed by atoms with Crippen LogP contribution in [0.4, 0.5) is 0 Å². The van der Waals surface area contributed by atoms with E-state index in [0.717, 1.165) is 31.2 Å². The van der Waals surface area contributed by atoms with Gasteiger partial charge < -0.3 is 14.6 Å². The molecule has 0 radical (unpaired) electrons. The molecule has 1 aromatic carbocycles. The Morgan fingerprint density at radius 3 is 2.40 bits per heavy atom. The van der Waals surface area contributed by atoms with E-state index in [0.29, 0.717) is 12.5 Å². The summed E-state index contributed by atoms with van der Waals surface area (Å²) >= 11 is 0. The summed E-state index contributed by atoms with van der Waals surface area (Å²) in [4.78, 5) is 0. The van der Waals surface area contributed by atoms with Crippen LogP contribution in [0.3, 0.4) is 0 Å². The first-order valence-electron chi connectivity index (χ1n) is 7.33. The van der Waals surface area contributed by atoms with Crippen molar-refractivity contribution in [3.05, 3.63) is 48.0 Å². The molecule has 1 N–H and O–H groups in total. The number of ether oxygens (including phenoxy) is 2. The van der Waals surface area contributed by atoms with Gasteiger partial charge in [-0.3, -0.25) is 0 Å². The summed E-state index contributed by atoms with van der Waals surface area (Å²) in [6.07, 6.45) is 7.86. The van der Waals surface area contributed by atoms with Crippen molar-refractivity contribution in [2.24, 2.45) is 5.92 Å². The molecule has 110 valence electrons. The van der Waals surface area contributed by atoms with Crippen molar-refractivity contribution in [2.75, 3.05) is 13.7 Å². The highest BCUT2D eigenvalue weighted by Crippen LogP contribution is 2.27. The summed E-state index contributed by atoms with van der Waals surface area (Å²) in [5.74, 6) is 0.434. The molecule has 0 saturated heterocycles. The van der Waals surface area contributed by atoms with Crippen LogP contribution in [0.25, 0.3) is 0 Å². The van der Waals surface area contributed by atoms with Crippen LogP contribution in [0.15, 0.2) is 42.5 Å². The van der Waals surface area contributed by atoms with Gasteiger partial charge >= 0.3 is 0 Å². The molecule has 2 rings (SSSR count). The second kappa shape index (κ2) is 8.20. The minimum atomic E-state index is -0.882. The fourth-order valence-corrected chi connectivity index (χ4v) is 2.68. The Labute approximate surface area is 121 Å². The molecular formula is C17H24O3. The van der Waals surface area contributed by atoms with Crippen molar-refractivity contribution in [1.29, 1.82) is 0 Å². The van der Waals surface area contributed by atoms with Crippen LogP contribution < -0.4 is 0 Å². The van der Waals surface area contributed by atoms with Gasteiger partial charge in [0.15, 0.2) is 6.29 Å². The summed E-state index contributed by atoms with van der Waals surface area (Å²) < 4.78 is 11.2. The Hall–Kier alpha value is -1.16. The molecule has 0 bridgehead atoms. The van der Waals surface area contributed by atoms with Crippen LogP contribution in [0, 0.1) is 5.92 Å². The molecule has 0 fully saturated rings. The molecular weight excluding hydrogens is 252 g/mol. The maximum Gasteiger partial charge on any atom is 0.181 e. The Morgan fingerprint density at radius 2 is 1.80 bits per heavy atom. The lowest BCUT2D eigenvalue weighted by Gasteiger charge is -2.28. The van der Waals surface area contributed by atoms with E-state index in [4.69, 9.17) is 9.47 Å². The van der Waals surface area contributed by atoms with Crippen LogP contribution in [-0.2, 0) is 9.47 Å². The molecule has 1 aliphatic rings. The van der Waals surface area contributed by atoms with Crippen molar-refractivity contribution in [2.45, 2.75) is 38.1 Å². The smallest absolute Gasteiger partial charge is 0.181 e. The lowest BCUT2D eigenvalue weighted by Crippen LogP contribution is -2.30. The number of allylic oxidation sites excluding steroid dienone is 2. The predicted octanol–water partition coefficient (Wildman–Crippen LogP) is 3.46. The highest BCUT2D eigenvalue weighted by atomic mass is 16.6. The molecule has 2 atom stereocenters. The van der Waals surface area contributed by atoms with E-state index in [1.165, 1.54) is 0 Å². The highest BCUT2D eigenvalue weighted by Gasteiger charge is 2.25. The van der Waals surface area contributed by atoms with Crippen LogP contribution in [-0.4, -0.2) is 24.9 Å². The molecule has 20 heavy (non-hydrogen) atoms. The van der Waals surface area contributed by atoms with Gasteiger partial charge in [0.1, 0.15) is 0 Å². The number of aliphatic hydroxyl groups excluding tert-OH is 1. The molecule has 2 unspecified atom stereocenters. The minimum absolute atomic E-state index is 0.0601. The van der Waals surface area contributed by atoms with E-state index in [2.05, 4.69) is 12.2 Å². The van der Waals surface area contributed by atoms with Crippen molar-refractivity contribution in [3.63, 3.8) is 0 Å². The lowest BCUT2D eigenvalue weighted by atomic mass is 9.94. The zero-order valence-corrected chi connectivity index (χ0v) is 12.1. The third kappa shape index (κ3) is 4.44.